The number of aliphatic hydroxyl groups excluding tert-OH is 1. The molecule has 0 atom stereocenters. The molecule has 1 aliphatic rings. The summed E-state index contributed by atoms with van der Waals surface area (Å²) < 4.78 is 32.7. The van der Waals surface area contributed by atoms with Gasteiger partial charge in [0.1, 0.15) is 37.9 Å². The third-order valence-corrected chi connectivity index (χ3v) is 8.51. The highest BCUT2D eigenvalue weighted by atomic mass is 16.6. The predicted octanol–water partition coefficient (Wildman–Crippen LogP) is 6.93. The van der Waals surface area contributed by atoms with Gasteiger partial charge < -0.3 is 33.5 Å². The summed E-state index contributed by atoms with van der Waals surface area (Å²) in [6.07, 6.45) is 4.42. The Bertz CT molecular complexity index is 1520. The van der Waals surface area contributed by atoms with Gasteiger partial charge in [0.05, 0.1) is 24.4 Å². The number of hydrogen-bond acceptors (Lipinski definition) is 9. The smallest absolute Gasteiger partial charge is 0.335 e. The summed E-state index contributed by atoms with van der Waals surface area (Å²) in [5, 5.41) is 8.95. The summed E-state index contributed by atoms with van der Waals surface area (Å²) in [6, 6.07) is 22.5. The maximum Gasteiger partial charge on any atom is 0.335 e. The highest BCUT2D eigenvalue weighted by molar-refractivity contribution is 5.88. The standard InChI is InChI=1S/C40H48O9/c1-5-45-27-30-6-8-34(9-7-30)38-24-36(47-21-23-49-40(43)29(3)26-44-4)18-19-37(38)33-12-10-31(11-13-33)32-14-16-35(17-15-32)46-20-22-48-39(42)28(2)25-41/h10-19,24,30,34,41H,2-3,5-9,20-23,25-27H2,1,4H3. The third-order valence-electron chi connectivity index (χ3n) is 8.51. The van der Waals surface area contributed by atoms with Crippen LogP contribution in [-0.4, -0.2) is 77.0 Å². The number of aliphatic hydroxyl groups is 1. The second kappa shape index (κ2) is 19.5. The lowest BCUT2D eigenvalue weighted by molar-refractivity contribution is -0.141. The molecule has 262 valence electrons. The first-order valence-corrected chi connectivity index (χ1v) is 16.8. The first-order valence-electron chi connectivity index (χ1n) is 16.8. The molecule has 0 spiro atoms. The quantitative estimate of drug-likeness (QED) is 0.0824. The van der Waals surface area contributed by atoms with Gasteiger partial charge in [-0.3, -0.25) is 0 Å². The van der Waals surface area contributed by atoms with Crippen molar-refractivity contribution in [3.63, 3.8) is 0 Å². The Hall–Kier alpha value is -4.44. The van der Waals surface area contributed by atoms with Gasteiger partial charge >= 0.3 is 11.9 Å². The van der Waals surface area contributed by atoms with E-state index in [2.05, 4.69) is 49.6 Å². The molecule has 0 bridgehead atoms. The van der Waals surface area contributed by atoms with Crippen LogP contribution in [0.25, 0.3) is 22.3 Å². The SMILES string of the molecule is C=C(CO)C(=O)OCCOc1ccc(-c2ccc(-c3ccc(OCCOC(=O)C(=C)COC)cc3C3CCC(COCC)CC3)cc2)cc1. The fraction of sp³-hybridized carbons (Fsp3) is 0.400. The minimum atomic E-state index is -0.632. The summed E-state index contributed by atoms with van der Waals surface area (Å²) in [6.45, 7) is 11.0. The average Bonchev–Trinajstić information content (AvgIpc) is 3.14. The molecule has 9 nitrogen and oxygen atoms in total. The number of esters is 2. The van der Waals surface area contributed by atoms with Crippen LogP contribution in [-0.2, 0) is 28.5 Å². The van der Waals surface area contributed by atoms with Crippen molar-refractivity contribution >= 4 is 11.9 Å². The minimum Gasteiger partial charge on any atom is -0.490 e. The minimum absolute atomic E-state index is 0.0104. The topological polar surface area (TPSA) is 110 Å². The van der Waals surface area contributed by atoms with Crippen LogP contribution in [0.15, 0.2) is 91.0 Å². The number of hydrogen-bond donors (Lipinski definition) is 1. The van der Waals surface area contributed by atoms with E-state index < -0.39 is 18.5 Å². The van der Waals surface area contributed by atoms with Crippen LogP contribution in [0.2, 0.25) is 0 Å². The van der Waals surface area contributed by atoms with Crippen LogP contribution in [0, 0.1) is 5.92 Å². The van der Waals surface area contributed by atoms with Gasteiger partial charge in [-0.05, 0) is 96.5 Å². The molecule has 0 aromatic heterocycles. The maximum atomic E-state index is 12.0. The van der Waals surface area contributed by atoms with Crippen molar-refractivity contribution in [2.24, 2.45) is 5.92 Å². The zero-order chi connectivity index (χ0) is 35.0. The predicted molar refractivity (Wildman–Crippen MR) is 189 cm³/mol. The molecule has 1 fully saturated rings. The van der Waals surface area contributed by atoms with Crippen LogP contribution in [0.4, 0.5) is 0 Å². The van der Waals surface area contributed by atoms with Gasteiger partial charge in [0.25, 0.3) is 0 Å². The van der Waals surface area contributed by atoms with Crippen LogP contribution in [0.3, 0.4) is 0 Å². The molecule has 0 aliphatic heterocycles. The number of rotatable bonds is 19. The zero-order valence-electron chi connectivity index (χ0n) is 28.6. The van der Waals surface area contributed by atoms with Crippen molar-refractivity contribution in [3.8, 4) is 33.8 Å². The second-order valence-corrected chi connectivity index (χ2v) is 12.0. The van der Waals surface area contributed by atoms with E-state index in [-0.39, 0.29) is 44.2 Å². The third kappa shape index (κ3) is 11.3. The Morgan fingerprint density at radius 2 is 1.29 bits per heavy atom. The second-order valence-electron chi connectivity index (χ2n) is 12.0. The molecule has 0 heterocycles. The van der Waals surface area contributed by atoms with Crippen LogP contribution < -0.4 is 9.47 Å². The van der Waals surface area contributed by atoms with E-state index in [4.69, 9.17) is 33.5 Å². The molecule has 0 amide bonds. The summed E-state index contributed by atoms with van der Waals surface area (Å²) in [5.41, 5.74) is 5.98. The molecular formula is C40H48O9. The molecule has 3 aromatic carbocycles. The molecule has 0 radical (unpaired) electrons. The lowest BCUT2D eigenvalue weighted by atomic mass is 9.77. The molecule has 4 rings (SSSR count). The molecule has 0 saturated heterocycles. The first kappa shape index (κ1) is 37.4. The number of carbonyl (C=O) groups excluding carboxylic acids is 2. The highest BCUT2D eigenvalue weighted by Gasteiger charge is 2.25. The van der Waals surface area contributed by atoms with Gasteiger partial charge in [0.15, 0.2) is 0 Å². The van der Waals surface area contributed by atoms with E-state index >= 15 is 0 Å². The van der Waals surface area contributed by atoms with E-state index in [1.54, 1.807) is 0 Å². The van der Waals surface area contributed by atoms with Crippen molar-refractivity contribution in [3.05, 3.63) is 96.6 Å². The van der Waals surface area contributed by atoms with E-state index in [9.17, 15) is 9.59 Å². The Balaban J connectivity index is 1.42. The Morgan fingerprint density at radius 1 is 0.735 bits per heavy atom. The average molecular weight is 673 g/mol. The Kier molecular flexibility index (Phi) is 14.9. The van der Waals surface area contributed by atoms with Crippen LogP contribution in [0.5, 0.6) is 11.5 Å². The van der Waals surface area contributed by atoms with Crippen molar-refractivity contribution < 1.29 is 43.1 Å². The van der Waals surface area contributed by atoms with Gasteiger partial charge in [-0.15, -0.1) is 0 Å². The molecule has 1 saturated carbocycles. The van der Waals surface area contributed by atoms with E-state index in [1.807, 2.05) is 37.3 Å². The molecule has 9 heteroatoms. The fourth-order valence-electron chi connectivity index (χ4n) is 5.83. The first-order chi connectivity index (χ1) is 23.8. The Labute approximate surface area is 289 Å². The zero-order valence-corrected chi connectivity index (χ0v) is 28.6. The van der Waals surface area contributed by atoms with Crippen molar-refractivity contribution in [2.75, 3.05) is 60.0 Å². The summed E-state index contributed by atoms with van der Waals surface area (Å²) in [5.74, 6) is 1.28. The van der Waals surface area contributed by atoms with Gasteiger partial charge in [0, 0.05) is 20.3 Å². The highest BCUT2D eigenvalue weighted by Crippen LogP contribution is 2.42. The van der Waals surface area contributed by atoms with Crippen LogP contribution in [0.1, 0.15) is 44.1 Å². The number of methoxy groups -OCH3 is 1. The molecule has 3 aromatic rings. The summed E-state index contributed by atoms with van der Waals surface area (Å²) in [7, 11) is 1.51. The molecule has 49 heavy (non-hydrogen) atoms. The van der Waals surface area contributed by atoms with Crippen molar-refractivity contribution in [1.29, 1.82) is 0 Å². The lowest BCUT2D eigenvalue weighted by Gasteiger charge is -2.30. The van der Waals surface area contributed by atoms with Crippen molar-refractivity contribution in [1.82, 2.24) is 0 Å². The van der Waals surface area contributed by atoms with Gasteiger partial charge in [-0.2, -0.15) is 0 Å². The molecule has 1 N–H and O–H groups in total. The van der Waals surface area contributed by atoms with Gasteiger partial charge in [0.2, 0.25) is 0 Å². The van der Waals surface area contributed by atoms with Crippen LogP contribution >= 0.6 is 0 Å². The molecule has 1 aliphatic carbocycles. The van der Waals surface area contributed by atoms with E-state index in [1.165, 1.54) is 18.2 Å². The molecule has 0 unspecified atom stereocenters. The monoisotopic (exact) mass is 672 g/mol. The van der Waals surface area contributed by atoms with E-state index in [0.29, 0.717) is 17.6 Å². The number of benzene rings is 3. The van der Waals surface area contributed by atoms with Crippen molar-refractivity contribution in [2.45, 2.75) is 38.5 Å². The number of ether oxygens (including phenoxy) is 6. The Morgan fingerprint density at radius 3 is 1.88 bits per heavy atom. The largest absolute Gasteiger partial charge is 0.490 e. The van der Waals surface area contributed by atoms with Gasteiger partial charge in [-0.1, -0.05) is 55.6 Å². The van der Waals surface area contributed by atoms with Gasteiger partial charge in [-0.25, -0.2) is 9.59 Å². The van der Waals surface area contributed by atoms with E-state index in [0.717, 1.165) is 61.3 Å². The lowest BCUT2D eigenvalue weighted by Crippen LogP contribution is -2.18. The summed E-state index contributed by atoms with van der Waals surface area (Å²) in [4.78, 5) is 23.6. The summed E-state index contributed by atoms with van der Waals surface area (Å²) >= 11 is 0. The fourth-order valence-corrected chi connectivity index (χ4v) is 5.83. The molecular weight excluding hydrogens is 624 g/mol. The maximum absolute atomic E-state index is 12.0. The number of carbonyl (C=O) groups is 2. The normalized spacial score (nSPS) is 15.7.